The van der Waals surface area contributed by atoms with Crippen molar-refractivity contribution in [2.45, 2.75) is 12.8 Å². The van der Waals surface area contributed by atoms with Crippen LogP contribution in [0, 0.1) is 5.92 Å². The molecular weight excluding hydrogens is 346 g/mol. The van der Waals surface area contributed by atoms with E-state index in [1.165, 1.54) is 10.6 Å². The number of hydrogen-bond donors (Lipinski definition) is 1. The van der Waals surface area contributed by atoms with Gasteiger partial charge in [0.1, 0.15) is 5.82 Å². The Balaban J connectivity index is 2.00. The maximum absolute atomic E-state index is 12.1. The third-order valence-corrected chi connectivity index (χ3v) is 4.94. The van der Waals surface area contributed by atoms with Gasteiger partial charge < -0.3 is 5.32 Å². The largest absolute Gasteiger partial charge is 0.310 e. The molecule has 1 atom stereocenters. The van der Waals surface area contributed by atoms with E-state index in [4.69, 9.17) is 0 Å². The highest BCUT2D eigenvalue weighted by molar-refractivity contribution is 9.10. The monoisotopic (exact) mass is 361 g/mol. The quantitative estimate of drug-likeness (QED) is 0.883. The Morgan fingerprint density at radius 1 is 1.50 bits per heavy atom. The van der Waals surface area contributed by atoms with Gasteiger partial charge in [0, 0.05) is 23.8 Å². The van der Waals surface area contributed by atoms with E-state index >= 15 is 0 Å². The van der Waals surface area contributed by atoms with Gasteiger partial charge in [0.05, 0.1) is 12.2 Å². The van der Waals surface area contributed by atoms with Crippen molar-refractivity contribution in [2.75, 3.05) is 24.7 Å². The van der Waals surface area contributed by atoms with Crippen LogP contribution in [0.1, 0.15) is 12.8 Å². The van der Waals surface area contributed by atoms with Gasteiger partial charge in [-0.1, -0.05) is 0 Å². The van der Waals surface area contributed by atoms with E-state index in [1.54, 1.807) is 18.3 Å². The molecular formula is C12H16BrN3O3S. The van der Waals surface area contributed by atoms with E-state index in [0.29, 0.717) is 25.2 Å². The lowest BCUT2D eigenvalue weighted by atomic mass is 9.99. The Labute approximate surface area is 126 Å². The molecule has 1 fully saturated rings. The summed E-state index contributed by atoms with van der Waals surface area (Å²) in [4.78, 5) is 16.2. The maximum Gasteiger partial charge on any atom is 0.229 e. The molecule has 0 aromatic carbocycles. The zero-order valence-electron chi connectivity index (χ0n) is 11.0. The summed E-state index contributed by atoms with van der Waals surface area (Å²) in [5.41, 5.74) is 0. The van der Waals surface area contributed by atoms with Crippen LogP contribution < -0.4 is 5.32 Å². The predicted octanol–water partition coefficient (Wildman–Crippen LogP) is 1.45. The lowest BCUT2D eigenvalue weighted by molar-refractivity contribution is -0.120. The van der Waals surface area contributed by atoms with Gasteiger partial charge in [-0.25, -0.2) is 17.7 Å². The van der Waals surface area contributed by atoms with Gasteiger partial charge in [-0.3, -0.25) is 4.79 Å². The Morgan fingerprint density at radius 3 is 2.85 bits per heavy atom. The molecule has 8 heteroatoms. The van der Waals surface area contributed by atoms with Gasteiger partial charge in [0.15, 0.2) is 0 Å². The fourth-order valence-corrected chi connectivity index (χ4v) is 3.28. The van der Waals surface area contributed by atoms with Crippen molar-refractivity contribution in [2.24, 2.45) is 5.92 Å². The average molecular weight is 362 g/mol. The zero-order chi connectivity index (χ0) is 14.8. The summed E-state index contributed by atoms with van der Waals surface area (Å²) in [7, 11) is -3.24. The molecule has 1 aromatic heterocycles. The maximum atomic E-state index is 12.1. The molecule has 1 amide bonds. The molecule has 1 aliphatic rings. The molecule has 2 heterocycles. The van der Waals surface area contributed by atoms with Crippen molar-refractivity contribution >= 4 is 37.7 Å². The number of pyridine rings is 1. The molecule has 6 nitrogen and oxygen atoms in total. The smallest absolute Gasteiger partial charge is 0.229 e. The predicted molar refractivity (Wildman–Crippen MR) is 79.7 cm³/mol. The van der Waals surface area contributed by atoms with Crippen LogP contribution in [0.5, 0.6) is 0 Å². The number of carbonyl (C=O) groups is 1. The van der Waals surface area contributed by atoms with Gasteiger partial charge in [0.2, 0.25) is 15.9 Å². The summed E-state index contributed by atoms with van der Waals surface area (Å²) in [6, 6.07) is 3.48. The Hall–Kier alpha value is -0.990. The second-order valence-electron chi connectivity index (χ2n) is 4.81. The van der Waals surface area contributed by atoms with Crippen molar-refractivity contribution in [3.63, 3.8) is 0 Å². The van der Waals surface area contributed by atoms with Crippen molar-refractivity contribution in [1.29, 1.82) is 0 Å². The molecule has 0 saturated carbocycles. The number of hydrogen-bond acceptors (Lipinski definition) is 4. The number of amides is 1. The highest BCUT2D eigenvalue weighted by atomic mass is 79.9. The van der Waals surface area contributed by atoms with Gasteiger partial charge in [-0.15, -0.1) is 0 Å². The Kier molecular flexibility index (Phi) is 4.77. The summed E-state index contributed by atoms with van der Waals surface area (Å²) in [5.74, 6) is -0.0493. The number of piperidine rings is 1. The zero-order valence-corrected chi connectivity index (χ0v) is 13.4. The summed E-state index contributed by atoms with van der Waals surface area (Å²) in [6.45, 7) is 0.723. The van der Waals surface area contributed by atoms with Crippen molar-refractivity contribution in [3.8, 4) is 0 Å². The average Bonchev–Trinajstić information content (AvgIpc) is 2.40. The Bertz CT molecular complexity index is 588. The van der Waals surface area contributed by atoms with Crippen LogP contribution in [0.15, 0.2) is 22.8 Å². The van der Waals surface area contributed by atoms with Gasteiger partial charge in [-0.05, 0) is 40.9 Å². The van der Waals surface area contributed by atoms with E-state index in [9.17, 15) is 13.2 Å². The van der Waals surface area contributed by atoms with Crippen LogP contribution in [-0.2, 0) is 14.8 Å². The van der Waals surface area contributed by atoms with Crippen molar-refractivity contribution in [3.05, 3.63) is 22.8 Å². The molecule has 2 rings (SSSR count). The van der Waals surface area contributed by atoms with Gasteiger partial charge in [-0.2, -0.15) is 0 Å². The molecule has 20 heavy (non-hydrogen) atoms. The fourth-order valence-electron chi connectivity index (χ4n) is 2.14. The number of anilines is 1. The van der Waals surface area contributed by atoms with E-state index in [1.807, 2.05) is 0 Å². The summed E-state index contributed by atoms with van der Waals surface area (Å²) >= 11 is 3.27. The van der Waals surface area contributed by atoms with Crippen LogP contribution in [0.4, 0.5) is 5.82 Å². The first kappa shape index (κ1) is 15.4. The molecule has 110 valence electrons. The van der Waals surface area contributed by atoms with Crippen LogP contribution in [0.25, 0.3) is 0 Å². The highest BCUT2D eigenvalue weighted by Crippen LogP contribution is 2.20. The molecule has 1 aliphatic heterocycles. The fraction of sp³-hybridized carbons (Fsp3) is 0.500. The minimum atomic E-state index is -3.24. The summed E-state index contributed by atoms with van der Waals surface area (Å²) in [5, 5.41) is 2.72. The molecule has 1 saturated heterocycles. The second-order valence-corrected chi connectivity index (χ2v) is 7.71. The lowest BCUT2D eigenvalue weighted by Gasteiger charge is -2.29. The van der Waals surface area contributed by atoms with Gasteiger partial charge >= 0.3 is 0 Å². The first-order valence-corrected chi connectivity index (χ1v) is 8.88. The van der Waals surface area contributed by atoms with Crippen molar-refractivity contribution < 1.29 is 13.2 Å². The van der Waals surface area contributed by atoms with E-state index < -0.39 is 10.0 Å². The van der Waals surface area contributed by atoms with E-state index in [0.717, 1.165) is 4.47 Å². The second kappa shape index (κ2) is 6.19. The first-order valence-electron chi connectivity index (χ1n) is 6.24. The van der Waals surface area contributed by atoms with E-state index in [-0.39, 0.29) is 18.4 Å². The molecule has 0 radical (unpaired) electrons. The number of nitrogens with one attached hydrogen (secondary N) is 1. The SMILES string of the molecule is CS(=O)(=O)N1CCCC(C(=O)Nc2ccc(Br)cn2)C1. The number of halogens is 1. The molecule has 0 aliphatic carbocycles. The molecule has 1 N–H and O–H groups in total. The van der Waals surface area contributed by atoms with Crippen LogP contribution in [-0.4, -0.2) is 43.0 Å². The number of aromatic nitrogens is 1. The van der Waals surface area contributed by atoms with Gasteiger partial charge in [0.25, 0.3) is 0 Å². The molecule has 1 unspecified atom stereocenters. The molecule has 0 spiro atoms. The van der Waals surface area contributed by atoms with Crippen LogP contribution in [0.3, 0.4) is 0 Å². The number of carbonyl (C=O) groups excluding carboxylic acids is 1. The number of nitrogens with zero attached hydrogens (tertiary/aromatic N) is 2. The lowest BCUT2D eigenvalue weighted by Crippen LogP contribution is -2.43. The van der Waals surface area contributed by atoms with Crippen molar-refractivity contribution in [1.82, 2.24) is 9.29 Å². The minimum absolute atomic E-state index is 0.187. The topological polar surface area (TPSA) is 79.4 Å². The first-order chi connectivity index (χ1) is 9.36. The minimum Gasteiger partial charge on any atom is -0.310 e. The number of rotatable bonds is 3. The highest BCUT2D eigenvalue weighted by Gasteiger charge is 2.30. The van der Waals surface area contributed by atoms with Crippen LogP contribution in [0.2, 0.25) is 0 Å². The molecule has 1 aromatic rings. The standard InChI is InChI=1S/C12H16BrN3O3S/c1-20(18,19)16-6-2-3-9(8-16)12(17)15-11-5-4-10(13)7-14-11/h4-5,7,9H,2-3,6,8H2,1H3,(H,14,15,17). The summed E-state index contributed by atoms with van der Waals surface area (Å²) in [6.07, 6.45) is 4.15. The number of sulfonamides is 1. The normalized spacial score (nSPS) is 20.6. The third-order valence-electron chi connectivity index (χ3n) is 3.20. The Morgan fingerprint density at radius 2 is 2.25 bits per heavy atom. The van der Waals surface area contributed by atoms with Crippen LogP contribution >= 0.6 is 15.9 Å². The van der Waals surface area contributed by atoms with E-state index in [2.05, 4.69) is 26.2 Å². The third kappa shape index (κ3) is 4.00. The molecule has 0 bridgehead atoms. The summed E-state index contributed by atoms with van der Waals surface area (Å²) < 4.78 is 25.2.